The van der Waals surface area contributed by atoms with E-state index in [1.807, 2.05) is 18.2 Å². The highest BCUT2D eigenvalue weighted by molar-refractivity contribution is 6.07. The number of ether oxygens (including phenoxy) is 1. The molecule has 0 aromatic carbocycles. The maximum Gasteiger partial charge on any atom is 0.325 e. The number of nitrogens with one attached hydrogen (secondary N) is 1. The van der Waals surface area contributed by atoms with Crippen molar-refractivity contribution in [2.24, 2.45) is 0 Å². The zero-order chi connectivity index (χ0) is 16.6. The fourth-order valence-electron chi connectivity index (χ4n) is 3.82. The molecule has 7 heteroatoms. The molecule has 1 saturated carbocycles. The molecule has 2 saturated heterocycles. The molecule has 0 radical (unpaired) electrons. The SMILES string of the molecule is O=C1NC2(CCCC2)C(=O)N1Cc1cccc(N2CCOCC2)n1. The number of carbonyl (C=O) groups is 2. The maximum absolute atomic E-state index is 12.7. The van der Waals surface area contributed by atoms with Gasteiger partial charge in [0.05, 0.1) is 25.5 Å². The molecule has 3 aliphatic rings. The van der Waals surface area contributed by atoms with Crippen LogP contribution < -0.4 is 10.2 Å². The van der Waals surface area contributed by atoms with E-state index in [2.05, 4.69) is 15.2 Å². The highest BCUT2D eigenvalue weighted by atomic mass is 16.5. The number of amides is 3. The molecular formula is C17H22N4O3. The summed E-state index contributed by atoms with van der Waals surface area (Å²) in [5.74, 6) is 0.780. The second-order valence-electron chi connectivity index (χ2n) is 6.70. The van der Waals surface area contributed by atoms with Crippen LogP contribution in [-0.4, -0.2) is 53.7 Å². The van der Waals surface area contributed by atoms with E-state index in [9.17, 15) is 9.59 Å². The van der Waals surface area contributed by atoms with Crippen LogP contribution in [0.15, 0.2) is 18.2 Å². The largest absolute Gasteiger partial charge is 0.378 e. The van der Waals surface area contributed by atoms with Crippen LogP contribution in [-0.2, 0) is 16.1 Å². The van der Waals surface area contributed by atoms with Crippen LogP contribution in [0, 0.1) is 0 Å². The first-order valence-electron chi connectivity index (χ1n) is 8.61. The smallest absolute Gasteiger partial charge is 0.325 e. The van der Waals surface area contributed by atoms with E-state index in [0.717, 1.165) is 50.3 Å². The fraction of sp³-hybridized carbons (Fsp3) is 0.588. The van der Waals surface area contributed by atoms with Gasteiger partial charge in [-0.15, -0.1) is 0 Å². The lowest BCUT2D eigenvalue weighted by Gasteiger charge is -2.28. The Hall–Kier alpha value is -2.15. The normalized spacial score (nSPS) is 23.2. The summed E-state index contributed by atoms with van der Waals surface area (Å²) in [6, 6.07) is 5.46. The zero-order valence-corrected chi connectivity index (χ0v) is 13.7. The Balaban J connectivity index is 1.51. The Morgan fingerprint density at radius 3 is 2.67 bits per heavy atom. The molecule has 128 valence electrons. The average molecular weight is 330 g/mol. The number of aromatic nitrogens is 1. The number of hydrogen-bond donors (Lipinski definition) is 1. The summed E-state index contributed by atoms with van der Waals surface area (Å²) in [7, 11) is 0. The minimum atomic E-state index is -0.654. The lowest BCUT2D eigenvalue weighted by atomic mass is 9.98. The molecule has 4 rings (SSSR count). The molecule has 24 heavy (non-hydrogen) atoms. The summed E-state index contributed by atoms with van der Waals surface area (Å²) >= 11 is 0. The van der Waals surface area contributed by atoms with Gasteiger partial charge in [0.2, 0.25) is 0 Å². The number of imide groups is 1. The molecule has 0 atom stereocenters. The van der Waals surface area contributed by atoms with E-state index >= 15 is 0 Å². The first-order valence-corrected chi connectivity index (χ1v) is 8.61. The monoisotopic (exact) mass is 330 g/mol. The molecule has 7 nitrogen and oxygen atoms in total. The number of urea groups is 1. The molecule has 1 aromatic heterocycles. The van der Waals surface area contributed by atoms with E-state index in [-0.39, 0.29) is 18.5 Å². The van der Waals surface area contributed by atoms with Crippen molar-refractivity contribution >= 4 is 17.8 Å². The van der Waals surface area contributed by atoms with E-state index in [4.69, 9.17) is 4.74 Å². The van der Waals surface area contributed by atoms with Crippen LogP contribution in [0.1, 0.15) is 31.4 Å². The van der Waals surface area contributed by atoms with E-state index in [0.29, 0.717) is 13.2 Å². The zero-order valence-electron chi connectivity index (χ0n) is 13.7. The molecule has 1 spiro atoms. The van der Waals surface area contributed by atoms with Gasteiger partial charge in [0.1, 0.15) is 11.4 Å². The predicted molar refractivity (Wildman–Crippen MR) is 87.5 cm³/mol. The standard InChI is InChI=1S/C17H22N4O3/c22-15-17(6-1-2-7-17)19-16(23)21(15)12-13-4-3-5-14(18-13)20-8-10-24-11-9-20/h3-5H,1-2,6-12H2,(H,19,23). The molecule has 3 fully saturated rings. The molecule has 2 aliphatic heterocycles. The van der Waals surface area contributed by atoms with Gasteiger partial charge >= 0.3 is 6.03 Å². The Morgan fingerprint density at radius 1 is 1.17 bits per heavy atom. The fourth-order valence-corrected chi connectivity index (χ4v) is 3.82. The highest BCUT2D eigenvalue weighted by Gasteiger charge is 2.52. The van der Waals surface area contributed by atoms with Gasteiger partial charge in [-0.2, -0.15) is 0 Å². The van der Waals surface area contributed by atoms with Crippen molar-refractivity contribution in [2.45, 2.75) is 37.8 Å². The van der Waals surface area contributed by atoms with Crippen LogP contribution in [0.25, 0.3) is 0 Å². The first-order chi connectivity index (χ1) is 11.7. The van der Waals surface area contributed by atoms with Crippen LogP contribution in [0.5, 0.6) is 0 Å². The van der Waals surface area contributed by atoms with Gasteiger partial charge in [-0.1, -0.05) is 18.9 Å². The van der Waals surface area contributed by atoms with Gasteiger partial charge in [0.15, 0.2) is 0 Å². The first kappa shape index (κ1) is 15.4. The molecule has 1 aromatic rings. The van der Waals surface area contributed by atoms with E-state index in [1.165, 1.54) is 4.90 Å². The molecule has 0 bridgehead atoms. The van der Waals surface area contributed by atoms with E-state index in [1.54, 1.807) is 0 Å². The summed E-state index contributed by atoms with van der Waals surface area (Å²) in [4.78, 5) is 33.1. The van der Waals surface area contributed by atoms with Crippen LogP contribution >= 0.6 is 0 Å². The van der Waals surface area contributed by atoms with Crippen molar-refractivity contribution in [3.05, 3.63) is 23.9 Å². The van der Waals surface area contributed by atoms with Gasteiger partial charge in [-0.25, -0.2) is 9.78 Å². The molecule has 3 heterocycles. The van der Waals surface area contributed by atoms with Crippen molar-refractivity contribution in [1.82, 2.24) is 15.2 Å². The predicted octanol–water partition coefficient (Wildman–Crippen LogP) is 1.28. The summed E-state index contributed by atoms with van der Waals surface area (Å²) in [5.41, 5.74) is 0.0800. The molecular weight excluding hydrogens is 308 g/mol. The Kier molecular flexibility index (Phi) is 3.88. The van der Waals surface area contributed by atoms with Gasteiger partial charge in [0.25, 0.3) is 5.91 Å². The third-order valence-electron chi connectivity index (χ3n) is 5.15. The minimum Gasteiger partial charge on any atom is -0.378 e. The number of rotatable bonds is 3. The van der Waals surface area contributed by atoms with Crippen LogP contribution in [0.4, 0.5) is 10.6 Å². The molecule has 1 aliphatic carbocycles. The molecule has 1 N–H and O–H groups in total. The number of anilines is 1. The summed E-state index contributed by atoms with van der Waals surface area (Å²) in [5, 5.41) is 2.91. The number of nitrogens with zero attached hydrogens (tertiary/aromatic N) is 3. The van der Waals surface area contributed by atoms with Gasteiger partial charge in [-0.05, 0) is 25.0 Å². The quantitative estimate of drug-likeness (QED) is 0.845. The van der Waals surface area contributed by atoms with Crippen LogP contribution in [0.3, 0.4) is 0 Å². The molecule has 3 amide bonds. The second kappa shape index (κ2) is 6.05. The van der Waals surface area contributed by atoms with Crippen molar-refractivity contribution in [3.8, 4) is 0 Å². The number of carbonyl (C=O) groups excluding carboxylic acids is 2. The summed E-state index contributed by atoms with van der Waals surface area (Å²) in [6.45, 7) is 3.23. The average Bonchev–Trinajstić information content (AvgIpc) is 3.17. The maximum atomic E-state index is 12.7. The van der Waals surface area contributed by atoms with Crippen LogP contribution in [0.2, 0.25) is 0 Å². The topological polar surface area (TPSA) is 74.8 Å². The number of hydrogen-bond acceptors (Lipinski definition) is 5. The van der Waals surface area contributed by atoms with Crippen molar-refractivity contribution in [3.63, 3.8) is 0 Å². The lowest BCUT2D eigenvalue weighted by molar-refractivity contribution is -0.131. The lowest BCUT2D eigenvalue weighted by Crippen LogP contribution is -2.44. The third-order valence-corrected chi connectivity index (χ3v) is 5.15. The van der Waals surface area contributed by atoms with E-state index < -0.39 is 5.54 Å². The second-order valence-corrected chi connectivity index (χ2v) is 6.70. The van der Waals surface area contributed by atoms with Crippen molar-refractivity contribution in [1.29, 1.82) is 0 Å². The Bertz CT molecular complexity index is 651. The Morgan fingerprint density at radius 2 is 1.92 bits per heavy atom. The highest BCUT2D eigenvalue weighted by Crippen LogP contribution is 2.35. The number of pyridine rings is 1. The Labute approximate surface area is 141 Å². The third kappa shape index (κ3) is 2.62. The number of morpholine rings is 1. The summed E-state index contributed by atoms with van der Waals surface area (Å²) in [6.07, 6.45) is 3.47. The minimum absolute atomic E-state index is 0.0939. The summed E-state index contributed by atoms with van der Waals surface area (Å²) < 4.78 is 5.37. The van der Waals surface area contributed by atoms with Crippen molar-refractivity contribution in [2.75, 3.05) is 31.2 Å². The molecule has 0 unspecified atom stereocenters. The van der Waals surface area contributed by atoms with Crippen molar-refractivity contribution < 1.29 is 14.3 Å². The van der Waals surface area contributed by atoms with Gasteiger partial charge in [0, 0.05) is 13.1 Å². The van der Waals surface area contributed by atoms with Gasteiger partial charge in [-0.3, -0.25) is 9.69 Å². The van der Waals surface area contributed by atoms with Gasteiger partial charge < -0.3 is 15.0 Å².